The van der Waals surface area contributed by atoms with Crippen LogP contribution in [0.2, 0.25) is 5.02 Å². The zero-order chi connectivity index (χ0) is 14.7. The number of nitrogens with one attached hydrogen (secondary N) is 1. The molecule has 0 spiro atoms. The van der Waals surface area contributed by atoms with Crippen molar-refractivity contribution in [2.45, 2.75) is 19.4 Å². The Hall–Kier alpha value is -1.75. The van der Waals surface area contributed by atoms with E-state index in [2.05, 4.69) is 5.32 Å². The van der Waals surface area contributed by atoms with E-state index in [4.69, 9.17) is 16.7 Å². The fourth-order valence-electron chi connectivity index (χ4n) is 2.22. The zero-order valence-electron chi connectivity index (χ0n) is 11.2. The highest BCUT2D eigenvalue weighted by molar-refractivity contribution is 6.30. The molecule has 5 nitrogen and oxygen atoms in total. The van der Waals surface area contributed by atoms with Gasteiger partial charge < -0.3 is 15.3 Å². The normalized spacial score (nSPS) is 16.4. The van der Waals surface area contributed by atoms with E-state index in [1.807, 2.05) is 19.1 Å². The molecule has 1 unspecified atom stereocenters. The van der Waals surface area contributed by atoms with Gasteiger partial charge in [-0.15, -0.1) is 0 Å². The molecule has 0 bridgehead atoms. The summed E-state index contributed by atoms with van der Waals surface area (Å²) in [6, 6.07) is 7.04. The fourth-order valence-corrected chi connectivity index (χ4v) is 2.35. The molecule has 1 fully saturated rings. The summed E-state index contributed by atoms with van der Waals surface area (Å²) in [5.74, 6) is -0.742. The first-order chi connectivity index (χ1) is 9.45. The molecule has 2 rings (SSSR count). The largest absolute Gasteiger partial charge is 0.481 e. The van der Waals surface area contributed by atoms with Gasteiger partial charge in [-0.3, -0.25) is 4.79 Å². The Kier molecular flexibility index (Phi) is 4.49. The zero-order valence-corrected chi connectivity index (χ0v) is 11.9. The maximum absolute atomic E-state index is 11.9. The van der Waals surface area contributed by atoms with Crippen molar-refractivity contribution in [3.63, 3.8) is 0 Å². The van der Waals surface area contributed by atoms with Crippen LogP contribution in [-0.2, 0) is 4.79 Å². The summed E-state index contributed by atoms with van der Waals surface area (Å²) in [6.07, 6.45) is 0.122. The molecule has 1 aliphatic heterocycles. The van der Waals surface area contributed by atoms with Crippen LogP contribution in [0.15, 0.2) is 24.3 Å². The third-order valence-corrected chi connectivity index (χ3v) is 3.67. The Bertz CT molecular complexity index is 498. The number of halogens is 1. The third kappa shape index (κ3) is 3.63. The molecular formula is C14H17ClN2O3. The highest BCUT2D eigenvalue weighted by Gasteiger charge is 2.32. The molecule has 1 aromatic rings. The van der Waals surface area contributed by atoms with Crippen molar-refractivity contribution in [3.05, 3.63) is 34.9 Å². The van der Waals surface area contributed by atoms with Gasteiger partial charge in [0.25, 0.3) is 0 Å². The molecule has 0 aromatic heterocycles. The Morgan fingerprint density at radius 3 is 2.55 bits per heavy atom. The number of nitrogens with zero attached hydrogens (tertiary/aromatic N) is 1. The average Bonchev–Trinajstić information content (AvgIpc) is 2.33. The number of likely N-dealkylation sites (tertiary alicyclic amines) is 1. The van der Waals surface area contributed by atoms with E-state index < -0.39 is 5.97 Å². The lowest BCUT2D eigenvalue weighted by Crippen LogP contribution is -2.54. The molecule has 1 heterocycles. The number of carbonyl (C=O) groups is 2. The van der Waals surface area contributed by atoms with E-state index >= 15 is 0 Å². The van der Waals surface area contributed by atoms with Crippen LogP contribution in [0.5, 0.6) is 0 Å². The Morgan fingerprint density at radius 1 is 1.40 bits per heavy atom. The van der Waals surface area contributed by atoms with Gasteiger partial charge in [0.15, 0.2) is 0 Å². The minimum atomic E-state index is -0.815. The lowest BCUT2D eigenvalue weighted by molar-refractivity contribution is -0.139. The minimum Gasteiger partial charge on any atom is -0.481 e. The summed E-state index contributed by atoms with van der Waals surface area (Å²) in [5.41, 5.74) is 0.977. The number of carboxylic acids is 1. The molecular weight excluding hydrogens is 280 g/mol. The molecule has 1 atom stereocenters. The monoisotopic (exact) mass is 296 g/mol. The lowest BCUT2D eigenvalue weighted by Gasteiger charge is -2.39. The Balaban J connectivity index is 1.80. The van der Waals surface area contributed by atoms with Crippen molar-refractivity contribution >= 4 is 23.6 Å². The molecule has 0 radical (unpaired) electrons. The van der Waals surface area contributed by atoms with Gasteiger partial charge in [-0.2, -0.15) is 0 Å². The van der Waals surface area contributed by atoms with E-state index in [0.29, 0.717) is 18.1 Å². The number of benzene rings is 1. The second kappa shape index (κ2) is 6.13. The molecule has 0 aliphatic carbocycles. The summed E-state index contributed by atoms with van der Waals surface area (Å²) in [5, 5.41) is 12.2. The predicted molar refractivity (Wildman–Crippen MR) is 75.7 cm³/mol. The summed E-state index contributed by atoms with van der Waals surface area (Å²) in [4.78, 5) is 24.1. The van der Waals surface area contributed by atoms with E-state index in [9.17, 15) is 9.59 Å². The number of urea groups is 1. The second-order valence-electron chi connectivity index (χ2n) is 5.09. The lowest BCUT2D eigenvalue weighted by atomic mass is 9.97. The van der Waals surface area contributed by atoms with Crippen LogP contribution in [0.25, 0.3) is 0 Å². The smallest absolute Gasteiger partial charge is 0.317 e. The van der Waals surface area contributed by atoms with Crippen LogP contribution in [0, 0.1) is 5.92 Å². The highest BCUT2D eigenvalue weighted by atomic mass is 35.5. The number of carbonyl (C=O) groups excluding carboxylic acids is 1. The first-order valence-electron chi connectivity index (χ1n) is 6.48. The van der Waals surface area contributed by atoms with Crippen LogP contribution < -0.4 is 5.32 Å². The van der Waals surface area contributed by atoms with Crippen LogP contribution in [0.3, 0.4) is 0 Å². The van der Waals surface area contributed by atoms with E-state index in [-0.39, 0.29) is 24.4 Å². The van der Waals surface area contributed by atoms with Gasteiger partial charge in [0.1, 0.15) is 0 Å². The average molecular weight is 297 g/mol. The quantitative estimate of drug-likeness (QED) is 0.897. The Morgan fingerprint density at radius 2 is 2.00 bits per heavy atom. The van der Waals surface area contributed by atoms with Gasteiger partial charge in [0.05, 0.1) is 12.5 Å². The number of amides is 2. The predicted octanol–water partition coefficient (Wildman–Crippen LogP) is 2.52. The first-order valence-corrected chi connectivity index (χ1v) is 6.86. The number of hydrogen-bond donors (Lipinski definition) is 2. The molecule has 1 saturated heterocycles. The van der Waals surface area contributed by atoms with E-state index in [1.54, 1.807) is 17.0 Å². The van der Waals surface area contributed by atoms with Crippen LogP contribution >= 0.6 is 11.6 Å². The molecule has 2 amide bonds. The van der Waals surface area contributed by atoms with Gasteiger partial charge >= 0.3 is 12.0 Å². The van der Waals surface area contributed by atoms with Gasteiger partial charge in [0.2, 0.25) is 0 Å². The number of rotatable bonds is 4. The van der Waals surface area contributed by atoms with Crippen molar-refractivity contribution in [2.75, 3.05) is 13.1 Å². The topological polar surface area (TPSA) is 69.6 Å². The van der Waals surface area contributed by atoms with Crippen molar-refractivity contribution < 1.29 is 14.7 Å². The van der Waals surface area contributed by atoms with Gasteiger partial charge in [-0.25, -0.2) is 4.79 Å². The molecule has 1 aliphatic rings. The van der Waals surface area contributed by atoms with Crippen molar-refractivity contribution in [1.82, 2.24) is 10.2 Å². The second-order valence-corrected chi connectivity index (χ2v) is 5.53. The van der Waals surface area contributed by atoms with Crippen LogP contribution in [0.1, 0.15) is 24.9 Å². The highest BCUT2D eigenvalue weighted by Crippen LogP contribution is 2.21. The summed E-state index contributed by atoms with van der Waals surface area (Å²) in [7, 11) is 0. The van der Waals surface area contributed by atoms with Crippen molar-refractivity contribution in [2.24, 2.45) is 5.92 Å². The third-order valence-electron chi connectivity index (χ3n) is 3.42. The van der Waals surface area contributed by atoms with E-state index in [1.165, 1.54) is 0 Å². The van der Waals surface area contributed by atoms with Crippen molar-refractivity contribution in [3.8, 4) is 0 Å². The molecule has 0 saturated carbocycles. The van der Waals surface area contributed by atoms with E-state index in [0.717, 1.165) is 5.56 Å². The molecule has 2 N–H and O–H groups in total. The first kappa shape index (κ1) is 14.7. The summed E-state index contributed by atoms with van der Waals surface area (Å²) in [6.45, 7) is 2.91. The SMILES string of the molecule is CC(NC(=O)N1CC(CC(=O)O)C1)c1ccc(Cl)cc1. The summed E-state index contributed by atoms with van der Waals surface area (Å²) < 4.78 is 0. The number of aliphatic carboxylic acids is 1. The molecule has 1 aromatic carbocycles. The summed E-state index contributed by atoms with van der Waals surface area (Å²) >= 11 is 5.82. The number of hydrogen-bond acceptors (Lipinski definition) is 2. The van der Waals surface area contributed by atoms with Crippen molar-refractivity contribution in [1.29, 1.82) is 0 Å². The Labute approximate surface area is 122 Å². The standard InChI is InChI=1S/C14H17ClN2O3/c1-9(11-2-4-12(15)5-3-11)16-14(20)17-7-10(8-17)6-13(18)19/h2-5,9-10H,6-8H2,1H3,(H,16,20)(H,18,19). The molecule has 108 valence electrons. The maximum Gasteiger partial charge on any atom is 0.317 e. The van der Waals surface area contributed by atoms with Gasteiger partial charge in [0, 0.05) is 24.0 Å². The molecule has 20 heavy (non-hydrogen) atoms. The van der Waals surface area contributed by atoms with Gasteiger partial charge in [-0.05, 0) is 24.6 Å². The minimum absolute atomic E-state index is 0.0732. The van der Waals surface area contributed by atoms with Gasteiger partial charge in [-0.1, -0.05) is 23.7 Å². The fraction of sp³-hybridized carbons (Fsp3) is 0.429. The number of carboxylic acid groups (broad SMARTS) is 1. The maximum atomic E-state index is 11.9. The van der Waals surface area contributed by atoms with Crippen LogP contribution in [0.4, 0.5) is 4.79 Å². The van der Waals surface area contributed by atoms with Crippen LogP contribution in [-0.4, -0.2) is 35.1 Å². The molecule has 6 heteroatoms.